The summed E-state index contributed by atoms with van der Waals surface area (Å²) in [6.45, 7) is 10.4. The van der Waals surface area contributed by atoms with E-state index in [1.54, 1.807) is 13.2 Å². The van der Waals surface area contributed by atoms with Gasteiger partial charge in [0, 0.05) is 49.6 Å². The molecular formula is C28H42N6O3. The van der Waals surface area contributed by atoms with Crippen molar-refractivity contribution in [3.05, 3.63) is 48.0 Å². The van der Waals surface area contributed by atoms with Gasteiger partial charge in [0.2, 0.25) is 0 Å². The Kier molecular flexibility index (Phi) is 9.63. The van der Waals surface area contributed by atoms with Gasteiger partial charge in [-0.3, -0.25) is 4.79 Å². The first-order valence-corrected chi connectivity index (χ1v) is 12.9. The highest BCUT2D eigenvalue weighted by atomic mass is 16.5. The van der Waals surface area contributed by atoms with E-state index in [0.717, 1.165) is 56.3 Å². The topological polar surface area (TPSA) is 89.2 Å². The zero-order valence-electron chi connectivity index (χ0n) is 23.1. The van der Waals surface area contributed by atoms with Crippen molar-refractivity contribution in [3.63, 3.8) is 0 Å². The third-order valence-electron chi connectivity index (χ3n) is 6.10. The first-order valence-electron chi connectivity index (χ1n) is 12.9. The summed E-state index contributed by atoms with van der Waals surface area (Å²) in [6.07, 6.45) is 0.859. The predicted molar refractivity (Wildman–Crippen MR) is 151 cm³/mol. The molecule has 9 heteroatoms. The zero-order valence-corrected chi connectivity index (χ0v) is 23.1. The van der Waals surface area contributed by atoms with Crippen LogP contribution in [0.4, 0.5) is 21.9 Å². The molecule has 3 N–H and O–H groups in total. The van der Waals surface area contributed by atoms with Crippen molar-refractivity contribution < 1.29 is 14.3 Å². The molecule has 0 atom stereocenters. The van der Waals surface area contributed by atoms with Gasteiger partial charge in [-0.25, -0.2) is 4.79 Å². The Hall–Kier alpha value is -3.46. The number of para-hydroxylation sites is 2. The second kappa shape index (κ2) is 12.7. The summed E-state index contributed by atoms with van der Waals surface area (Å²) < 4.78 is 5.55. The van der Waals surface area contributed by atoms with Crippen molar-refractivity contribution in [1.29, 1.82) is 0 Å². The van der Waals surface area contributed by atoms with Crippen LogP contribution in [0.1, 0.15) is 37.6 Å². The van der Waals surface area contributed by atoms with Crippen LogP contribution >= 0.6 is 0 Å². The van der Waals surface area contributed by atoms with Crippen molar-refractivity contribution in [2.75, 3.05) is 75.6 Å². The average molecular weight is 511 g/mol. The molecule has 202 valence electrons. The minimum absolute atomic E-state index is 0.138. The predicted octanol–water partition coefficient (Wildman–Crippen LogP) is 3.62. The van der Waals surface area contributed by atoms with Gasteiger partial charge in [0.25, 0.3) is 5.91 Å². The van der Waals surface area contributed by atoms with E-state index >= 15 is 0 Å². The average Bonchev–Trinajstić information content (AvgIpc) is 2.85. The van der Waals surface area contributed by atoms with Gasteiger partial charge in [-0.15, -0.1) is 0 Å². The molecule has 0 saturated carbocycles. The standard InChI is InChI=1S/C28H42N6O3/c1-28(2,3)31-27(36)30-21-12-13-23(22(20-21)26(35)29-14-9-15-32(4)5)33-16-18-34(19-17-33)24-10-7-8-11-25(24)37-6/h7-8,10-13,20H,9,14-19H2,1-6H3,(H,29,35)(H2,30,31,36). The van der Waals surface area contributed by atoms with Crippen LogP contribution < -0.4 is 30.5 Å². The number of methoxy groups -OCH3 is 1. The molecule has 1 fully saturated rings. The number of benzene rings is 2. The Morgan fingerprint density at radius 2 is 1.62 bits per heavy atom. The molecule has 3 rings (SSSR count). The molecule has 3 amide bonds. The fraction of sp³-hybridized carbons (Fsp3) is 0.500. The number of urea groups is 1. The fourth-order valence-electron chi connectivity index (χ4n) is 4.35. The molecule has 2 aromatic rings. The Labute approximate surface area is 221 Å². The number of piperazine rings is 1. The highest BCUT2D eigenvalue weighted by molar-refractivity contribution is 6.02. The number of rotatable bonds is 9. The molecule has 0 bridgehead atoms. The summed E-state index contributed by atoms with van der Waals surface area (Å²) in [5.41, 5.74) is 2.72. The molecule has 0 aliphatic carbocycles. The maximum atomic E-state index is 13.3. The van der Waals surface area contributed by atoms with Crippen LogP contribution in [0.2, 0.25) is 0 Å². The van der Waals surface area contributed by atoms with Crippen LogP contribution in [0, 0.1) is 0 Å². The van der Waals surface area contributed by atoms with Gasteiger partial charge in [0.05, 0.1) is 18.4 Å². The third kappa shape index (κ3) is 8.28. The lowest BCUT2D eigenvalue weighted by atomic mass is 10.1. The van der Waals surface area contributed by atoms with Crippen LogP contribution in [0.25, 0.3) is 0 Å². The van der Waals surface area contributed by atoms with Crippen LogP contribution in [-0.2, 0) is 0 Å². The molecule has 0 aromatic heterocycles. The van der Waals surface area contributed by atoms with E-state index in [4.69, 9.17) is 4.74 Å². The molecule has 2 aromatic carbocycles. The van der Waals surface area contributed by atoms with E-state index in [9.17, 15) is 9.59 Å². The summed E-state index contributed by atoms with van der Waals surface area (Å²) in [5, 5.41) is 8.82. The largest absolute Gasteiger partial charge is 0.495 e. The summed E-state index contributed by atoms with van der Waals surface area (Å²) in [7, 11) is 5.72. The summed E-state index contributed by atoms with van der Waals surface area (Å²) >= 11 is 0. The Morgan fingerprint density at radius 3 is 2.24 bits per heavy atom. The molecule has 1 aliphatic heterocycles. The fourth-order valence-corrected chi connectivity index (χ4v) is 4.35. The smallest absolute Gasteiger partial charge is 0.319 e. The van der Waals surface area contributed by atoms with Crippen molar-refractivity contribution in [2.45, 2.75) is 32.7 Å². The molecule has 1 saturated heterocycles. The van der Waals surface area contributed by atoms with Crippen LogP contribution in [0.3, 0.4) is 0 Å². The first-order chi connectivity index (χ1) is 17.6. The second-order valence-corrected chi connectivity index (χ2v) is 10.6. The van der Waals surface area contributed by atoms with Crippen LogP contribution in [0.5, 0.6) is 5.75 Å². The van der Waals surface area contributed by atoms with Gasteiger partial charge >= 0.3 is 6.03 Å². The lowest BCUT2D eigenvalue weighted by molar-refractivity contribution is 0.0952. The molecule has 1 heterocycles. The number of hydrogen-bond donors (Lipinski definition) is 3. The van der Waals surface area contributed by atoms with E-state index in [2.05, 4.69) is 36.7 Å². The van der Waals surface area contributed by atoms with Gasteiger partial charge < -0.3 is 35.4 Å². The number of hydrogen-bond acceptors (Lipinski definition) is 6. The molecule has 0 spiro atoms. The van der Waals surface area contributed by atoms with E-state index < -0.39 is 0 Å². The van der Waals surface area contributed by atoms with Crippen LogP contribution in [0.15, 0.2) is 42.5 Å². The normalized spacial score (nSPS) is 13.9. The third-order valence-corrected chi connectivity index (χ3v) is 6.10. The first kappa shape index (κ1) is 28.1. The number of carbonyl (C=O) groups is 2. The van der Waals surface area contributed by atoms with Gasteiger partial charge in [-0.05, 0) is 78.2 Å². The minimum atomic E-state index is -0.363. The van der Waals surface area contributed by atoms with Gasteiger partial charge in [0.1, 0.15) is 5.75 Å². The quantitative estimate of drug-likeness (QED) is 0.447. The van der Waals surface area contributed by atoms with E-state index in [1.165, 1.54) is 0 Å². The molecule has 0 radical (unpaired) electrons. The van der Waals surface area contributed by atoms with Crippen molar-refractivity contribution in [3.8, 4) is 5.75 Å². The van der Waals surface area contributed by atoms with Gasteiger partial charge in [-0.2, -0.15) is 0 Å². The van der Waals surface area contributed by atoms with Crippen molar-refractivity contribution in [1.82, 2.24) is 15.5 Å². The van der Waals surface area contributed by atoms with E-state index in [-0.39, 0.29) is 17.5 Å². The molecule has 0 unspecified atom stereocenters. The van der Waals surface area contributed by atoms with Gasteiger partial charge in [-0.1, -0.05) is 12.1 Å². The Bertz CT molecular complexity index is 1060. The zero-order chi connectivity index (χ0) is 27.0. The van der Waals surface area contributed by atoms with E-state index in [0.29, 0.717) is 17.8 Å². The summed E-state index contributed by atoms with van der Waals surface area (Å²) in [4.78, 5) is 32.4. The Morgan fingerprint density at radius 1 is 0.973 bits per heavy atom. The van der Waals surface area contributed by atoms with Gasteiger partial charge in [0.15, 0.2) is 0 Å². The lowest BCUT2D eigenvalue weighted by Crippen LogP contribution is -2.47. The number of nitrogens with one attached hydrogen (secondary N) is 3. The maximum Gasteiger partial charge on any atom is 0.319 e. The maximum absolute atomic E-state index is 13.3. The molecule has 9 nitrogen and oxygen atoms in total. The highest BCUT2D eigenvalue weighted by Gasteiger charge is 2.24. The van der Waals surface area contributed by atoms with Crippen molar-refractivity contribution >= 4 is 29.0 Å². The number of ether oxygens (including phenoxy) is 1. The van der Waals surface area contributed by atoms with Crippen molar-refractivity contribution in [2.24, 2.45) is 0 Å². The number of anilines is 3. The molecule has 37 heavy (non-hydrogen) atoms. The second-order valence-electron chi connectivity index (χ2n) is 10.6. The number of nitrogens with zero attached hydrogens (tertiary/aromatic N) is 3. The molecular weight excluding hydrogens is 468 g/mol. The van der Waals surface area contributed by atoms with E-state index in [1.807, 2.05) is 65.2 Å². The Balaban J connectivity index is 1.77. The number of amides is 3. The number of carbonyl (C=O) groups excluding carboxylic acids is 2. The van der Waals surface area contributed by atoms with Crippen LogP contribution in [-0.4, -0.2) is 82.9 Å². The highest BCUT2D eigenvalue weighted by Crippen LogP contribution is 2.31. The summed E-state index contributed by atoms with van der Waals surface area (Å²) in [6, 6.07) is 13.3. The lowest BCUT2D eigenvalue weighted by Gasteiger charge is -2.38. The SMILES string of the molecule is COc1ccccc1N1CCN(c2ccc(NC(=O)NC(C)(C)C)cc2C(=O)NCCCN(C)C)CC1. The minimum Gasteiger partial charge on any atom is -0.495 e. The summed E-state index contributed by atoms with van der Waals surface area (Å²) in [5.74, 6) is 0.721. The molecule has 1 aliphatic rings. The monoisotopic (exact) mass is 510 g/mol.